The first-order chi connectivity index (χ1) is 6.54. The highest BCUT2D eigenvalue weighted by molar-refractivity contribution is 9.10. The van der Waals surface area contributed by atoms with Crippen LogP contribution < -0.4 is 5.32 Å². The second-order valence-corrected chi connectivity index (χ2v) is 4.80. The minimum Gasteiger partial charge on any atom is -0.309 e. The molecule has 14 heavy (non-hydrogen) atoms. The average molecular weight is 262 g/mol. The molecule has 1 aromatic heterocycles. The highest BCUT2D eigenvalue weighted by Gasteiger charge is 2.43. The third-order valence-electron chi connectivity index (χ3n) is 2.47. The number of rotatable bonds is 2. The van der Waals surface area contributed by atoms with Gasteiger partial charge in [-0.05, 0) is 29.8 Å². The van der Waals surface area contributed by atoms with Crippen molar-refractivity contribution in [2.24, 2.45) is 0 Å². The normalized spacial score (nSPS) is 19.8. The maximum absolute atomic E-state index is 14.2. The van der Waals surface area contributed by atoms with E-state index in [1.807, 2.05) is 13.8 Å². The zero-order valence-corrected chi connectivity index (χ0v) is 9.81. The van der Waals surface area contributed by atoms with Crippen LogP contribution in [0.5, 0.6) is 0 Å². The van der Waals surface area contributed by atoms with Crippen molar-refractivity contribution in [1.29, 1.82) is 0 Å². The zero-order chi connectivity index (χ0) is 10.3. The van der Waals surface area contributed by atoms with Crippen molar-refractivity contribution in [2.75, 3.05) is 13.1 Å². The molecule has 1 fully saturated rings. The smallest absolute Gasteiger partial charge is 0.178 e. The van der Waals surface area contributed by atoms with Gasteiger partial charge in [0.15, 0.2) is 5.67 Å². The lowest BCUT2D eigenvalue weighted by Crippen LogP contribution is -2.55. The van der Waals surface area contributed by atoms with E-state index >= 15 is 0 Å². The summed E-state index contributed by atoms with van der Waals surface area (Å²) in [7, 11) is 0. The van der Waals surface area contributed by atoms with Crippen molar-refractivity contribution in [3.05, 3.63) is 16.4 Å². The van der Waals surface area contributed by atoms with E-state index in [2.05, 4.69) is 26.3 Å². The van der Waals surface area contributed by atoms with Gasteiger partial charge in [-0.25, -0.2) is 4.39 Å². The summed E-state index contributed by atoms with van der Waals surface area (Å²) in [6, 6.07) is 0.185. The van der Waals surface area contributed by atoms with Crippen LogP contribution in [0.15, 0.2) is 10.7 Å². The Hall–Kier alpha value is -0.420. The average Bonchev–Trinajstić information content (AvgIpc) is 2.43. The Morgan fingerprint density at radius 1 is 1.64 bits per heavy atom. The lowest BCUT2D eigenvalue weighted by atomic mass is 9.95. The molecule has 2 rings (SSSR count). The molecule has 0 saturated carbocycles. The third kappa shape index (κ3) is 1.39. The number of hydrogen-bond acceptors (Lipinski definition) is 2. The van der Waals surface area contributed by atoms with Gasteiger partial charge in [0.25, 0.3) is 0 Å². The standard InChI is InChI=1S/C9H13BrFN3/c1-6(2)14-8(7(10)3-13-14)9(11)4-12-5-9/h3,6,12H,4-5H2,1-2H3. The molecule has 78 valence electrons. The van der Waals surface area contributed by atoms with Gasteiger partial charge in [0.05, 0.1) is 16.4 Å². The molecule has 1 aliphatic rings. The van der Waals surface area contributed by atoms with Gasteiger partial charge in [-0.15, -0.1) is 0 Å². The largest absolute Gasteiger partial charge is 0.309 e. The monoisotopic (exact) mass is 261 g/mol. The highest BCUT2D eigenvalue weighted by atomic mass is 79.9. The van der Waals surface area contributed by atoms with Crippen molar-refractivity contribution in [1.82, 2.24) is 15.1 Å². The minimum absolute atomic E-state index is 0.185. The van der Waals surface area contributed by atoms with Crippen LogP contribution in [0.1, 0.15) is 25.6 Å². The van der Waals surface area contributed by atoms with Gasteiger partial charge < -0.3 is 5.32 Å². The fourth-order valence-corrected chi connectivity index (χ4v) is 2.29. The summed E-state index contributed by atoms with van der Waals surface area (Å²) in [5.41, 5.74) is -0.592. The third-order valence-corrected chi connectivity index (χ3v) is 3.06. The molecule has 0 bridgehead atoms. The Bertz CT molecular complexity index is 344. The molecule has 5 heteroatoms. The van der Waals surface area contributed by atoms with Crippen molar-refractivity contribution in [3.8, 4) is 0 Å². The number of nitrogens with one attached hydrogen (secondary N) is 1. The molecule has 1 saturated heterocycles. The quantitative estimate of drug-likeness (QED) is 0.883. The van der Waals surface area contributed by atoms with Crippen LogP contribution in [0.25, 0.3) is 0 Å². The Morgan fingerprint density at radius 3 is 2.71 bits per heavy atom. The lowest BCUT2D eigenvalue weighted by molar-refractivity contribution is 0.0757. The summed E-state index contributed by atoms with van der Waals surface area (Å²) in [6.45, 7) is 4.75. The van der Waals surface area contributed by atoms with E-state index in [-0.39, 0.29) is 6.04 Å². The molecule has 0 aromatic carbocycles. The van der Waals surface area contributed by atoms with E-state index < -0.39 is 5.67 Å². The van der Waals surface area contributed by atoms with E-state index in [9.17, 15) is 4.39 Å². The van der Waals surface area contributed by atoms with E-state index in [0.717, 1.165) is 4.47 Å². The topological polar surface area (TPSA) is 29.9 Å². The second kappa shape index (κ2) is 3.31. The summed E-state index contributed by atoms with van der Waals surface area (Å²) in [5.74, 6) is 0. The predicted octanol–water partition coefficient (Wildman–Crippen LogP) is 1.99. The van der Waals surface area contributed by atoms with Crippen LogP contribution in [0.2, 0.25) is 0 Å². The SMILES string of the molecule is CC(C)n1ncc(Br)c1C1(F)CNC1. The minimum atomic E-state index is -1.25. The van der Waals surface area contributed by atoms with Crippen LogP contribution in [0.3, 0.4) is 0 Å². The lowest BCUT2D eigenvalue weighted by Gasteiger charge is -2.36. The second-order valence-electron chi connectivity index (χ2n) is 3.95. The molecule has 1 aliphatic heterocycles. The van der Waals surface area contributed by atoms with Crippen LogP contribution in [-0.2, 0) is 5.67 Å². The Kier molecular flexibility index (Phi) is 2.39. The summed E-state index contributed by atoms with van der Waals surface area (Å²) >= 11 is 3.34. The summed E-state index contributed by atoms with van der Waals surface area (Å²) < 4.78 is 16.7. The fraction of sp³-hybridized carbons (Fsp3) is 0.667. The van der Waals surface area contributed by atoms with Crippen LogP contribution >= 0.6 is 15.9 Å². The fourth-order valence-electron chi connectivity index (χ4n) is 1.66. The highest BCUT2D eigenvalue weighted by Crippen LogP contribution is 2.36. The van der Waals surface area contributed by atoms with E-state index in [1.165, 1.54) is 0 Å². The predicted molar refractivity (Wildman–Crippen MR) is 56.0 cm³/mol. The molecular weight excluding hydrogens is 249 g/mol. The molecule has 0 atom stereocenters. The van der Waals surface area contributed by atoms with Crippen LogP contribution in [0, 0.1) is 0 Å². The number of alkyl halides is 1. The molecule has 1 aromatic rings. The van der Waals surface area contributed by atoms with Crippen molar-refractivity contribution >= 4 is 15.9 Å². The molecule has 0 radical (unpaired) electrons. The number of aromatic nitrogens is 2. The van der Waals surface area contributed by atoms with Crippen molar-refractivity contribution < 1.29 is 4.39 Å². The van der Waals surface area contributed by atoms with Gasteiger partial charge in [-0.2, -0.15) is 5.10 Å². The summed E-state index contributed by atoms with van der Waals surface area (Å²) in [5, 5.41) is 7.11. The Morgan fingerprint density at radius 2 is 2.29 bits per heavy atom. The van der Waals surface area contributed by atoms with E-state index in [4.69, 9.17) is 0 Å². The van der Waals surface area contributed by atoms with Crippen LogP contribution in [-0.4, -0.2) is 22.9 Å². The molecular formula is C9H13BrFN3. The van der Waals surface area contributed by atoms with E-state index in [0.29, 0.717) is 18.8 Å². The summed E-state index contributed by atoms with van der Waals surface area (Å²) in [4.78, 5) is 0. The van der Waals surface area contributed by atoms with Crippen LogP contribution in [0.4, 0.5) is 4.39 Å². The maximum Gasteiger partial charge on any atom is 0.178 e. The van der Waals surface area contributed by atoms with Gasteiger partial charge in [0, 0.05) is 19.1 Å². The van der Waals surface area contributed by atoms with Gasteiger partial charge in [-0.1, -0.05) is 0 Å². The molecule has 3 nitrogen and oxygen atoms in total. The van der Waals surface area contributed by atoms with E-state index in [1.54, 1.807) is 10.9 Å². The van der Waals surface area contributed by atoms with Crippen molar-refractivity contribution in [3.63, 3.8) is 0 Å². The van der Waals surface area contributed by atoms with Gasteiger partial charge in [0.2, 0.25) is 0 Å². The molecule has 2 heterocycles. The van der Waals surface area contributed by atoms with Gasteiger partial charge >= 0.3 is 0 Å². The molecule has 0 aliphatic carbocycles. The Balaban J connectivity index is 2.44. The number of hydrogen-bond donors (Lipinski definition) is 1. The van der Waals surface area contributed by atoms with Gasteiger partial charge in [0.1, 0.15) is 0 Å². The van der Waals surface area contributed by atoms with Crippen molar-refractivity contribution in [2.45, 2.75) is 25.6 Å². The molecule has 0 spiro atoms. The molecule has 0 amide bonds. The summed E-state index contributed by atoms with van der Waals surface area (Å²) in [6.07, 6.45) is 1.66. The zero-order valence-electron chi connectivity index (χ0n) is 8.22. The first-order valence-electron chi connectivity index (χ1n) is 4.68. The maximum atomic E-state index is 14.2. The molecule has 0 unspecified atom stereocenters. The number of halogens is 2. The number of nitrogens with zero attached hydrogens (tertiary/aromatic N) is 2. The first-order valence-corrected chi connectivity index (χ1v) is 5.47. The Labute approximate surface area is 90.8 Å². The van der Waals surface area contributed by atoms with Gasteiger partial charge in [-0.3, -0.25) is 4.68 Å². The first kappa shape index (κ1) is 10.1. The molecule has 1 N–H and O–H groups in total.